The molecule has 1 unspecified atom stereocenters. The number of rotatable bonds is 0. The van der Waals surface area contributed by atoms with Crippen molar-refractivity contribution in [2.24, 2.45) is 0 Å². The molecule has 0 bridgehead atoms. The Bertz CT molecular complexity index is 169. The third kappa shape index (κ3) is 0.991. The molecular formula is C8H15NO2. The molecule has 2 aliphatic heterocycles. The van der Waals surface area contributed by atoms with Crippen molar-refractivity contribution in [1.29, 1.82) is 0 Å². The molecule has 0 aromatic carbocycles. The first-order chi connectivity index (χ1) is 5.11. The molecule has 2 saturated heterocycles. The summed E-state index contributed by atoms with van der Waals surface area (Å²) in [5.41, 5.74) is -0.157. The van der Waals surface area contributed by atoms with Gasteiger partial charge in [0.1, 0.15) is 0 Å². The summed E-state index contributed by atoms with van der Waals surface area (Å²) >= 11 is 0. The van der Waals surface area contributed by atoms with E-state index in [-0.39, 0.29) is 5.60 Å². The van der Waals surface area contributed by atoms with Crippen LogP contribution in [0.5, 0.6) is 0 Å². The highest BCUT2D eigenvalue weighted by Crippen LogP contribution is 2.37. The zero-order chi connectivity index (χ0) is 8.06. The molecule has 0 aliphatic carbocycles. The van der Waals surface area contributed by atoms with Gasteiger partial charge < -0.3 is 9.84 Å². The Balaban J connectivity index is 2.20. The molecule has 1 N–H and O–H groups in total. The van der Waals surface area contributed by atoms with Gasteiger partial charge in [-0.2, -0.15) is 0 Å². The second kappa shape index (κ2) is 2.19. The van der Waals surface area contributed by atoms with Crippen LogP contribution in [0.25, 0.3) is 0 Å². The number of nitrogens with zero attached hydrogens (tertiary/aromatic N) is 1. The van der Waals surface area contributed by atoms with E-state index in [2.05, 4.69) is 0 Å². The predicted octanol–water partition coefficient (Wildman–Crippen LogP) is 0.535. The van der Waals surface area contributed by atoms with Crippen LogP contribution in [0.1, 0.15) is 26.7 Å². The Kier molecular flexibility index (Phi) is 1.50. The highest BCUT2D eigenvalue weighted by molar-refractivity contribution is 4.96. The molecule has 64 valence electrons. The fourth-order valence-corrected chi connectivity index (χ4v) is 2.22. The summed E-state index contributed by atoms with van der Waals surface area (Å²) in [5, 5.41) is 9.44. The molecule has 0 radical (unpaired) electrons. The molecule has 0 aromatic heterocycles. The SMILES string of the molecule is CC1(C)OC(O)N2CCC[C@H]21. The Hall–Kier alpha value is -0.120. The number of hydrogen-bond acceptors (Lipinski definition) is 3. The number of hydrogen-bond donors (Lipinski definition) is 1. The lowest BCUT2D eigenvalue weighted by Gasteiger charge is -2.23. The molecule has 0 amide bonds. The number of aliphatic hydroxyl groups excluding tert-OH is 1. The molecule has 0 saturated carbocycles. The lowest BCUT2D eigenvalue weighted by molar-refractivity contribution is -0.167. The fourth-order valence-electron chi connectivity index (χ4n) is 2.22. The van der Waals surface area contributed by atoms with Gasteiger partial charge in [0.15, 0.2) is 0 Å². The summed E-state index contributed by atoms with van der Waals surface area (Å²) in [4.78, 5) is 2.04. The van der Waals surface area contributed by atoms with Crippen LogP contribution in [-0.4, -0.2) is 34.6 Å². The lowest BCUT2D eigenvalue weighted by Crippen LogP contribution is -2.37. The molecule has 3 heteroatoms. The van der Waals surface area contributed by atoms with E-state index in [9.17, 15) is 5.11 Å². The van der Waals surface area contributed by atoms with Gasteiger partial charge in [0, 0.05) is 12.6 Å². The van der Waals surface area contributed by atoms with E-state index in [1.165, 1.54) is 6.42 Å². The highest BCUT2D eigenvalue weighted by atomic mass is 16.7. The van der Waals surface area contributed by atoms with E-state index in [0.717, 1.165) is 13.0 Å². The first kappa shape index (κ1) is 7.53. The van der Waals surface area contributed by atoms with Crippen molar-refractivity contribution < 1.29 is 9.84 Å². The first-order valence-corrected chi connectivity index (χ1v) is 4.23. The summed E-state index contributed by atoms with van der Waals surface area (Å²) < 4.78 is 5.40. The molecule has 2 aliphatic rings. The van der Waals surface area contributed by atoms with Gasteiger partial charge in [-0.25, -0.2) is 4.90 Å². The molecular weight excluding hydrogens is 142 g/mol. The van der Waals surface area contributed by atoms with Gasteiger partial charge in [-0.3, -0.25) is 0 Å². The van der Waals surface area contributed by atoms with Crippen LogP contribution in [0.4, 0.5) is 0 Å². The minimum Gasteiger partial charge on any atom is -0.356 e. The van der Waals surface area contributed by atoms with Crippen LogP contribution >= 0.6 is 0 Å². The van der Waals surface area contributed by atoms with Crippen LogP contribution in [-0.2, 0) is 4.74 Å². The normalized spacial score (nSPS) is 42.8. The molecule has 0 spiro atoms. The summed E-state index contributed by atoms with van der Waals surface area (Å²) in [5.74, 6) is 0. The Morgan fingerprint density at radius 3 is 2.91 bits per heavy atom. The van der Waals surface area contributed by atoms with E-state index in [1.807, 2.05) is 18.7 Å². The number of fused-ring (bicyclic) bond motifs is 1. The van der Waals surface area contributed by atoms with Gasteiger partial charge in [-0.05, 0) is 26.7 Å². The molecule has 2 fully saturated rings. The van der Waals surface area contributed by atoms with Crippen molar-refractivity contribution >= 4 is 0 Å². The Labute approximate surface area is 66.9 Å². The van der Waals surface area contributed by atoms with E-state index in [0.29, 0.717) is 6.04 Å². The zero-order valence-electron chi connectivity index (χ0n) is 7.08. The maximum Gasteiger partial charge on any atom is 0.217 e. The second-order valence-corrected chi connectivity index (χ2v) is 3.94. The van der Waals surface area contributed by atoms with E-state index >= 15 is 0 Å². The van der Waals surface area contributed by atoms with Gasteiger partial charge in [0.05, 0.1) is 5.60 Å². The summed E-state index contributed by atoms with van der Waals surface area (Å²) in [6.45, 7) is 5.08. The standard InChI is InChI=1S/C8H15NO2/c1-8(2)6-4-3-5-9(6)7(10)11-8/h6-7,10H,3-5H2,1-2H3/t6-,7?/m0/s1. The third-order valence-corrected chi connectivity index (χ3v) is 2.79. The van der Waals surface area contributed by atoms with Gasteiger partial charge in [-0.15, -0.1) is 0 Å². The number of aliphatic hydroxyl groups is 1. The zero-order valence-corrected chi connectivity index (χ0v) is 7.08. The molecule has 0 aromatic rings. The van der Waals surface area contributed by atoms with Gasteiger partial charge >= 0.3 is 0 Å². The highest BCUT2D eigenvalue weighted by Gasteiger charge is 2.48. The molecule has 2 atom stereocenters. The predicted molar refractivity (Wildman–Crippen MR) is 40.9 cm³/mol. The van der Waals surface area contributed by atoms with Crippen LogP contribution in [0.15, 0.2) is 0 Å². The first-order valence-electron chi connectivity index (χ1n) is 4.23. The van der Waals surface area contributed by atoms with Crippen molar-refractivity contribution in [3.05, 3.63) is 0 Å². The van der Waals surface area contributed by atoms with E-state index in [4.69, 9.17) is 4.74 Å². The molecule has 3 nitrogen and oxygen atoms in total. The number of ether oxygens (including phenoxy) is 1. The average Bonchev–Trinajstić information content (AvgIpc) is 2.37. The fraction of sp³-hybridized carbons (Fsp3) is 1.00. The minimum atomic E-state index is -0.655. The van der Waals surface area contributed by atoms with Gasteiger partial charge in [-0.1, -0.05) is 0 Å². The summed E-state index contributed by atoms with van der Waals surface area (Å²) in [7, 11) is 0. The average molecular weight is 157 g/mol. The minimum absolute atomic E-state index is 0.157. The Morgan fingerprint density at radius 2 is 2.27 bits per heavy atom. The maximum absolute atomic E-state index is 9.44. The van der Waals surface area contributed by atoms with Crippen LogP contribution in [0.2, 0.25) is 0 Å². The largest absolute Gasteiger partial charge is 0.356 e. The van der Waals surface area contributed by atoms with Crippen LogP contribution in [0.3, 0.4) is 0 Å². The topological polar surface area (TPSA) is 32.7 Å². The Morgan fingerprint density at radius 1 is 1.55 bits per heavy atom. The molecule has 2 heterocycles. The van der Waals surface area contributed by atoms with E-state index < -0.39 is 6.41 Å². The monoisotopic (exact) mass is 157 g/mol. The van der Waals surface area contributed by atoms with Gasteiger partial charge in [0.2, 0.25) is 6.41 Å². The smallest absolute Gasteiger partial charge is 0.217 e. The van der Waals surface area contributed by atoms with Crippen LogP contribution < -0.4 is 0 Å². The van der Waals surface area contributed by atoms with Crippen molar-refractivity contribution in [3.8, 4) is 0 Å². The third-order valence-electron chi connectivity index (χ3n) is 2.79. The van der Waals surface area contributed by atoms with Gasteiger partial charge in [0.25, 0.3) is 0 Å². The summed E-state index contributed by atoms with van der Waals surface area (Å²) in [6.07, 6.45) is 1.69. The van der Waals surface area contributed by atoms with Crippen molar-refractivity contribution in [1.82, 2.24) is 4.90 Å². The van der Waals surface area contributed by atoms with E-state index in [1.54, 1.807) is 0 Å². The van der Waals surface area contributed by atoms with Crippen molar-refractivity contribution in [2.45, 2.75) is 44.7 Å². The lowest BCUT2D eigenvalue weighted by atomic mass is 9.98. The summed E-state index contributed by atoms with van der Waals surface area (Å²) in [6, 6.07) is 0.428. The maximum atomic E-state index is 9.44. The quantitative estimate of drug-likeness (QED) is 0.557. The van der Waals surface area contributed by atoms with Crippen LogP contribution in [0, 0.1) is 0 Å². The van der Waals surface area contributed by atoms with Crippen molar-refractivity contribution in [3.63, 3.8) is 0 Å². The molecule has 2 rings (SSSR count). The molecule has 11 heavy (non-hydrogen) atoms. The second-order valence-electron chi connectivity index (χ2n) is 3.94. The van der Waals surface area contributed by atoms with Crippen molar-refractivity contribution in [2.75, 3.05) is 6.54 Å².